The van der Waals surface area contributed by atoms with Crippen LogP contribution in [0.3, 0.4) is 0 Å². The number of carbonyl (C=O) groups is 1. The Balaban J connectivity index is 0.00000462. The molecule has 4 aromatic rings. The standard InChI is InChI=1S/C29H31ClN4O4S2.ClH/c1-40(37,38)33-24-15-13-23(14-16-24)26-27(30)39-28(31-26)32-29(36)34(18-8-20-35)19-17-25(21-9-4-2-5-10-21)22-11-6-3-7-12-22;/h2-7,9-16,25,33,35H,8,17-20H2,1H3,(H,31,32,36);1H. The molecule has 1 aromatic heterocycles. The van der Waals surface area contributed by atoms with E-state index in [2.05, 4.69) is 39.3 Å². The summed E-state index contributed by atoms with van der Waals surface area (Å²) in [4.78, 5) is 19.5. The van der Waals surface area contributed by atoms with Crippen molar-refractivity contribution in [3.63, 3.8) is 0 Å². The van der Waals surface area contributed by atoms with Crippen LogP contribution in [-0.4, -0.2) is 55.4 Å². The SMILES string of the molecule is CS(=O)(=O)Nc1ccc(-c2nc(NC(=O)N(CCCO)CCC(c3ccccc3)c3ccccc3)sc2Cl)cc1.Cl. The van der Waals surface area contributed by atoms with Gasteiger partial charge in [0.15, 0.2) is 5.13 Å². The molecule has 0 saturated carbocycles. The van der Waals surface area contributed by atoms with Crippen LogP contribution in [0.2, 0.25) is 4.34 Å². The predicted molar refractivity (Wildman–Crippen MR) is 170 cm³/mol. The Kier molecular flexibility index (Phi) is 12.0. The van der Waals surface area contributed by atoms with Crippen molar-refractivity contribution in [2.45, 2.75) is 18.8 Å². The first-order chi connectivity index (χ1) is 19.2. The molecule has 0 aliphatic rings. The fraction of sp³-hybridized carbons (Fsp3) is 0.241. The molecule has 12 heteroatoms. The monoisotopic (exact) mass is 634 g/mol. The van der Waals surface area contributed by atoms with Gasteiger partial charge in [0.05, 0.1) is 6.26 Å². The topological polar surface area (TPSA) is 112 Å². The summed E-state index contributed by atoms with van der Waals surface area (Å²) in [5.74, 6) is 0.105. The number of anilines is 2. The third-order valence-electron chi connectivity index (χ3n) is 6.23. The van der Waals surface area contributed by atoms with Gasteiger partial charge in [0.25, 0.3) is 0 Å². The third-order valence-corrected chi connectivity index (χ3v) is 8.00. The van der Waals surface area contributed by atoms with E-state index in [1.165, 1.54) is 11.1 Å². The van der Waals surface area contributed by atoms with Gasteiger partial charge < -0.3 is 10.0 Å². The molecule has 0 fully saturated rings. The number of amides is 2. The highest BCUT2D eigenvalue weighted by molar-refractivity contribution is 7.92. The lowest BCUT2D eigenvalue weighted by molar-refractivity contribution is 0.200. The van der Waals surface area contributed by atoms with Crippen LogP contribution in [0, 0.1) is 0 Å². The summed E-state index contributed by atoms with van der Waals surface area (Å²) >= 11 is 7.60. The minimum absolute atomic E-state index is 0. The lowest BCUT2D eigenvalue weighted by Crippen LogP contribution is -2.37. The minimum atomic E-state index is -3.39. The number of sulfonamides is 1. The largest absolute Gasteiger partial charge is 0.396 e. The number of aliphatic hydroxyl groups is 1. The van der Waals surface area contributed by atoms with Crippen molar-refractivity contribution in [2.24, 2.45) is 0 Å². The molecular weight excluding hydrogens is 603 g/mol. The number of benzene rings is 3. The molecule has 2 amide bonds. The Morgan fingerprint density at radius 2 is 1.56 bits per heavy atom. The second-order valence-electron chi connectivity index (χ2n) is 9.25. The molecule has 0 spiro atoms. The number of carbonyl (C=O) groups excluding carboxylic acids is 1. The maximum Gasteiger partial charge on any atom is 0.323 e. The molecule has 0 bridgehead atoms. The van der Waals surface area contributed by atoms with Crippen molar-refractivity contribution in [1.29, 1.82) is 0 Å². The number of hydrogen-bond acceptors (Lipinski definition) is 6. The average Bonchev–Trinajstić information content (AvgIpc) is 3.30. The fourth-order valence-electron chi connectivity index (χ4n) is 4.37. The van der Waals surface area contributed by atoms with Crippen molar-refractivity contribution in [2.75, 3.05) is 36.0 Å². The van der Waals surface area contributed by atoms with Crippen molar-refractivity contribution < 1.29 is 18.3 Å². The maximum atomic E-state index is 13.3. The van der Waals surface area contributed by atoms with E-state index in [0.29, 0.717) is 52.3 Å². The molecule has 3 N–H and O–H groups in total. The van der Waals surface area contributed by atoms with E-state index in [-0.39, 0.29) is 31.0 Å². The van der Waals surface area contributed by atoms with E-state index in [0.717, 1.165) is 17.6 Å². The van der Waals surface area contributed by atoms with E-state index >= 15 is 0 Å². The molecule has 4 rings (SSSR count). The Morgan fingerprint density at radius 3 is 2.10 bits per heavy atom. The molecule has 218 valence electrons. The van der Waals surface area contributed by atoms with Crippen molar-refractivity contribution in [3.8, 4) is 11.3 Å². The van der Waals surface area contributed by atoms with Crippen LogP contribution in [0.5, 0.6) is 0 Å². The van der Waals surface area contributed by atoms with Gasteiger partial charge in [-0.15, -0.1) is 12.4 Å². The number of rotatable bonds is 12. The lowest BCUT2D eigenvalue weighted by atomic mass is 9.88. The van der Waals surface area contributed by atoms with Gasteiger partial charge in [-0.1, -0.05) is 95.7 Å². The van der Waals surface area contributed by atoms with Gasteiger partial charge in [0, 0.05) is 36.9 Å². The van der Waals surface area contributed by atoms with Gasteiger partial charge in [0.1, 0.15) is 10.0 Å². The van der Waals surface area contributed by atoms with Gasteiger partial charge in [-0.3, -0.25) is 10.0 Å². The summed E-state index contributed by atoms with van der Waals surface area (Å²) in [6.45, 7) is 0.836. The summed E-state index contributed by atoms with van der Waals surface area (Å²) in [6, 6.07) is 26.8. The number of urea groups is 1. The number of nitrogens with zero attached hydrogens (tertiary/aromatic N) is 2. The molecule has 8 nitrogen and oxygen atoms in total. The van der Waals surface area contributed by atoms with E-state index in [4.69, 9.17) is 11.6 Å². The van der Waals surface area contributed by atoms with Crippen LogP contribution in [0.25, 0.3) is 11.3 Å². The van der Waals surface area contributed by atoms with Crippen molar-refractivity contribution in [1.82, 2.24) is 9.88 Å². The second-order valence-corrected chi connectivity index (χ2v) is 12.6. The maximum absolute atomic E-state index is 13.3. The number of halogens is 2. The average molecular weight is 636 g/mol. The third kappa shape index (κ3) is 9.44. The Bertz CT molecular complexity index is 1460. The van der Waals surface area contributed by atoms with Gasteiger partial charge in [-0.05, 0) is 36.1 Å². The first kappa shape index (κ1) is 32.4. The zero-order valence-electron chi connectivity index (χ0n) is 22.4. The Labute approximate surface area is 255 Å². The molecule has 0 radical (unpaired) electrons. The number of hydrogen-bond donors (Lipinski definition) is 3. The molecular formula is C29H32Cl2N4O4S2. The summed E-state index contributed by atoms with van der Waals surface area (Å²) in [7, 11) is -3.39. The van der Waals surface area contributed by atoms with Gasteiger partial charge in [-0.2, -0.15) is 0 Å². The summed E-state index contributed by atoms with van der Waals surface area (Å²) in [6.07, 6.45) is 2.23. The summed E-state index contributed by atoms with van der Waals surface area (Å²) < 4.78 is 25.7. The second kappa shape index (κ2) is 15.2. The first-order valence-corrected chi connectivity index (χ1v) is 15.8. The molecule has 0 aliphatic heterocycles. The fourth-order valence-corrected chi connectivity index (χ4v) is 6.01. The quantitative estimate of drug-likeness (QED) is 0.161. The smallest absolute Gasteiger partial charge is 0.323 e. The van der Waals surface area contributed by atoms with E-state index in [1.54, 1.807) is 29.2 Å². The highest BCUT2D eigenvalue weighted by Crippen LogP contribution is 2.36. The van der Waals surface area contributed by atoms with E-state index in [1.807, 2.05) is 36.4 Å². The van der Waals surface area contributed by atoms with Crippen LogP contribution < -0.4 is 10.0 Å². The normalized spacial score (nSPS) is 11.1. The zero-order chi connectivity index (χ0) is 28.5. The molecule has 1 heterocycles. The Morgan fingerprint density at radius 1 is 0.976 bits per heavy atom. The van der Waals surface area contributed by atoms with Crippen LogP contribution in [-0.2, 0) is 10.0 Å². The van der Waals surface area contributed by atoms with Crippen LogP contribution >= 0.6 is 35.3 Å². The zero-order valence-corrected chi connectivity index (χ0v) is 25.6. The van der Waals surface area contributed by atoms with Gasteiger partial charge in [-0.25, -0.2) is 18.2 Å². The first-order valence-electron chi connectivity index (χ1n) is 12.7. The van der Waals surface area contributed by atoms with Crippen LogP contribution in [0.1, 0.15) is 29.9 Å². The molecule has 0 saturated heterocycles. The molecule has 0 unspecified atom stereocenters. The van der Waals surface area contributed by atoms with Crippen molar-refractivity contribution >= 4 is 62.2 Å². The molecule has 0 atom stereocenters. The van der Waals surface area contributed by atoms with E-state index < -0.39 is 10.0 Å². The number of nitrogens with one attached hydrogen (secondary N) is 2. The van der Waals surface area contributed by atoms with Gasteiger partial charge in [0.2, 0.25) is 10.0 Å². The minimum Gasteiger partial charge on any atom is -0.396 e. The highest BCUT2D eigenvalue weighted by Gasteiger charge is 2.21. The summed E-state index contributed by atoms with van der Waals surface area (Å²) in [5.41, 5.74) is 3.94. The Hall–Kier alpha value is -3.15. The number of thiazole rings is 1. The van der Waals surface area contributed by atoms with Crippen LogP contribution in [0.4, 0.5) is 15.6 Å². The van der Waals surface area contributed by atoms with Crippen molar-refractivity contribution in [3.05, 3.63) is 100 Å². The lowest BCUT2D eigenvalue weighted by Gasteiger charge is -2.26. The predicted octanol–water partition coefficient (Wildman–Crippen LogP) is 6.70. The van der Waals surface area contributed by atoms with Gasteiger partial charge >= 0.3 is 6.03 Å². The molecule has 0 aliphatic carbocycles. The number of aliphatic hydroxyl groups excluding tert-OH is 1. The van der Waals surface area contributed by atoms with E-state index in [9.17, 15) is 18.3 Å². The molecule has 41 heavy (non-hydrogen) atoms. The highest BCUT2D eigenvalue weighted by atomic mass is 35.5. The molecule has 3 aromatic carbocycles. The number of aromatic nitrogens is 1. The summed E-state index contributed by atoms with van der Waals surface area (Å²) in [5, 5.41) is 12.7. The van der Waals surface area contributed by atoms with Crippen LogP contribution in [0.15, 0.2) is 84.9 Å².